The Bertz CT molecular complexity index is 134. The number of rotatable bonds is 12. The van der Waals surface area contributed by atoms with Gasteiger partial charge < -0.3 is 0 Å². The van der Waals surface area contributed by atoms with Crippen LogP contribution in [0, 0.1) is 0 Å². The standard InChI is InChI=1S/C12H26Cl2SSi/c13-16(14)12-10-8-6-4-2-1-3-5-7-9-11-15/h15-16H,1-12H2. The van der Waals surface area contributed by atoms with Crippen molar-refractivity contribution >= 4 is 42.2 Å². The third-order valence-electron chi connectivity index (χ3n) is 2.83. The maximum atomic E-state index is 5.80. The van der Waals surface area contributed by atoms with E-state index in [0.717, 1.165) is 11.8 Å². The van der Waals surface area contributed by atoms with E-state index in [1.54, 1.807) is 0 Å². The second-order valence-electron chi connectivity index (χ2n) is 4.44. The van der Waals surface area contributed by atoms with E-state index < -0.39 is 7.42 Å². The molecule has 0 unspecified atom stereocenters. The van der Waals surface area contributed by atoms with Crippen molar-refractivity contribution in [3.63, 3.8) is 0 Å². The van der Waals surface area contributed by atoms with E-state index in [-0.39, 0.29) is 0 Å². The van der Waals surface area contributed by atoms with Crippen LogP contribution in [0.4, 0.5) is 0 Å². The highest BCUT2D eigenvalue weighted by molar-refractivity contribution is 7.80. The minimum atomic E-state index is -1.31. The van der Waals surface area contributed by atoms with E-state index in [9.17, 15) is 0 Å². The van der Waals surface area contributed by atoms with E-state index in [4.69, 9.17) is 22.2 Å². The van der Waals surface area contributed by atoms with Gasteiger partial charge in [-0.3, -0.25) is 0 Å². The summed E-state index contributed by atoms with van der Waals surface area (Å²) in [4.78, 5) is 0. The Kier molecular flexibility index (Phi) is 15.2. The molecule has 0 N–H and O–H groups in total. The largest absolute Gasteiger partial charge is 0.237 e. The highest BCUT2D eigenvalue weighted by Gasteiger charge is 2.00. The quantitative estimate of drug-likeness (QED) is 0.209. The average Bonchev–Trinajstić information content (AvgIpc) is 2.25. The van der Waals surface area contributed by atoms with Crippen LogP contribution in [0.3, 0.4) is 0 Å². The van der Waals surface area contributed by atoms with Crippen LogP contribution in [0.5, 0.6) is 0 Å². The van der Waals surface area contributed by atoms with Gasteiger partial charge >= 0.3 is 0 Å². The Morgan fingerprint density at radius 3 is 1.38 bits per heavy atom. The molecule has 0 aliphatic carbocycles. The summed E-state index contributed by atoms with van der Waals surface area (Å²) >= 11 is 15.8. The van der Waals surface area contributed by atoms with Gasteiger partial charge in [-0.05, 0) is 18.2 Å². The summed E-state index contributed by atoms with van der Waals surface area (Å²) < 4.78 is 0. The molecule has 0 rings (SSSR count). The number of unbranched alkanes of at least 4 members (excludes halogenated alkanes) is 9. The van der Waals surface area contributed by atoms with Gasteiger partial charge in [-0.15, -0.1) is 0 Å². The summed E-state index contributed by atoms with van der Waals surface area (Å²) in [6.07, 6.45) is 13.6. The van der Waals surface area contributed by atoms with Gasteiger partial charge in [0.15, 0.2) is 0 Å². The van der Waals surface area contributed by atoms with Crippen molar-refractivity contribution in [1.82, 2.24) is 0 Å². The summed E-state index contributed by atoms with van der Waals surface area (Å²) in [7, 11) is -1.31. The second-order valence-corrected chi connectivity index (χ2v) is 10.1. The zero-order valence-corrected chi connectivity index (χ0v) is 13.8. The molecule has 0 aromatic rings. The van der Waals surface area contributed by atoms with E-state index in [1.807, 2.05) is 0 Å². The fourth-order valence-electron chi connectivity index (χ4n) is 1.82. The molecule has 0 radical (unpaired) electrons. The van der Waals surface area contributed by atoms with Crippen LogP contribution in [0.25, 0.3) is 0 Å². The minimum absolute atomic E-state index is 1.05. The molecular weight excluding hydrogens is 275 g/mol. The van der Waals surface area contributed by atoms with Gasteiger partial charge in [0.05, 0.1) is 0 Å². The first-order valence-corrected chi connectivity index (χ1v) is 11.6. The monoisotopic (exact) mass is 300 g/mol. The minimum Gasteiger partial charge on any atom is -0.179 e. The summed E-state index contributed by atoms with van der Waals surface area (Å²) in [5, 5.41) is 0. The lowest BCUT2D eigenvalue weighted by Crippen LogP contribution is -1.91. The smallest absolute Gasteiger partial charge is 0.179 e. The molecule has 0 aliphatic heterocycles. The molecule has 0 aromatic heterocycles. The SMILES string of the molecule is SCCCCCCCCCCCC[SiH](Cl)Cl. The van der Waals surface area contributed by atoms with Crippen molar-refractivity contribution in [1.29, 1.82) is 0 Å². The van der Waals surface area contributed by atoms with Crippen molar-refractivity contribution in [2.75, 3.05) is 5.75 Å². The molecule has 0 aliphatic rings. The molecule has 0 bridgehead atoms. The molecule has 16 heavy (non-hydrogen) atoms. The molecule has 0 nitrogen and oxygen atoms in total. The van der Waals surface area contributed by atoms with Crippen molar-refractivity contribution in [2.45, 2.75) is 70.3 Å². The Hall–Kier alpha value is 1.15. The number of halogens is 2. The van der Waals surface area contributed by atoms with Gasteiger partial charge in [-0.2, -0.15) is 34.8 Å². The van der Waals surface area contributed by atoms with Gasteiger partial charge in [0, 0.05) is 0 Å². The van der Waals surface area contributed by atoms with E-state index >= 15 is 0 Å². The van der Waals surface area contributed by atoms with Crippen molar-refractivity contribution < 1.29 is 0 Å². The Morgan fingerprint density at radius 2 is 1.00 bits per heavy atom. The lowest BCUT2D eigenvalue weighted by atomic mass is 10.1. The zero-order valence-electron chi connectivity index (χ0n) is 10.3. The van der Waals surface area contributed by atoms with Crippen LogP contribution < -0.4 is 0 Å². The van der Waals surface area contributed by atoms with Crippen LogP contribution in [-0.4, -0.2) is 13.2 Å². The van der Waals surface area contributed by atoms with E-state index in [1.165, 1.54) is 64.2 Å². The highest BCUT2D eigenvalue weighted by Crippen LogP contribution is 2.14. The molecule has 0 aromatic carbocycles. The second kappa shape index (κ2) is 14.2. The van der Waals surface area contributed by atoms with E-state index in [0.29, 0.717) is 0 Å². The normalized spacial score (nSPS) is 11.2. The van der Waals surface area contributed by atoms with Crippen LogP contribution >= 0.6 is 34.8 Å². The lowest BCUT2D eigenvalue weighted by Gasteiger charge is -2.02. The third-order valence-corrected chi connectivity index (χ3v) is 5.30. The highest BCUT2D eigenvalue weighted by atomic mass is 35.7. The maximum absolute atomic E-state index is 5.80. The van der Waals surface area contributed by atoms with Crippen LogP contribution in [0.1, 0.15) is 64.2 Å². The van der Waals surface area contributed by atoms with Gasteiger partial charge in [-0.1, -0.05) is 57.8 Å². The van der Waals surface area contributed by atoms with Crippen molar-refractivity contribution in [3.8, 4) is 0 Å². The molecule has 0 atom stereocenters. The van der Waals surface area contributed by atoms with Gasteiger partial charge in [-0.25, -0.2) is 0 Å². The van der Waals surface area contributed by atoms with Gasteiger partial charge in [0.25, 0.3) is 0 Å². The maximum Gasteiger partial charge on any atom is 0.237 e. The molecule has 98 valence electrons. The first kappa shape index (κ1) is 17.1. The Morgan fingerprint density at radius 1 is 0.625 bits per heavy atom. The first-order chi connectivity index (χ1) is 7.77. The molecule has 0 spiro atoms. The Labute approximate surface area is 118 Å². The predicted octanol–water partition coefficient (Wildman–Crippen LogP) is 5.52. The molecular formula is C12H26Cl2SSi. The third kappa shape index (κ3) is 15.1. The van der Waals surface area contributed by atoms with Crippen molar-refractivity contribution in [3.05, 3.63) is 0 Å². The number of hydrogen-bond donors (Lipinski definition) is 1. The lowest BCUT2D eigenvalue weighted by molar-refractivity contribution is 0.563. The molecule has 0 fully saturated rings. The van der Waals surface area contributed by atoms with Crippen LogP contribution in [0.15, 0.2) is 0 Å². The van der Waals surface area contributed by atoms with E-state index in [2.05, 4.69) is 12.6 Å². The summed E-state index contributed by atoms with van der Waals surface area (Å²) in [6.45, 7) is 0. The number of thiol groups is 1. The van der Waals surface area contributed by atoms with Crippen molar-refractivity contribution in [2.24, 2.45) is 0 Å². The molecule has 0 heterocycles. The zero-order chi connectivity index (χ0) is 12.1. The van der Waals surface area contributed by atoms with Crippen LogP contribution in [-0.2, 0) is 0 Å². The van der Waals surface area contributed by atoms with Gasteiger partial charge in [0.2, 0.25) is 7.42 Å². The fourth-order valence-corrected chi connectivity index (χ4v) is 3.57. The molecule has 4 heteroatoms. The molecule has 0 saturated heterocycles. The van der Waals surface area contributed by atoms with Gasteiger partial charge in [0.1, 0.15) is 0 Å². The summed E-state index contributed by atoms with van der Waals surface area (Å²) in [5.74, 6) is 1.05. The van der Waals surface area contributed by atoms with Crippen LogP contribution in [0.2, 0.25) is 6.04 Å². The molecule has 0 saturated carbocycles. The average molecular weight is 301 g/mol. The Balaban J connectivity index is 2.88. The predicted molar refractivity (Wildman–Crippen MR) is 83.7 cm³/mol. The fraction of sp³-hybridized carbons (Fsp3) is 1.00. The topological polar surface area (TPSA) is 0 Å². The summed E-state index contributed by atoms with van der Waals surface area (Å²) in [5.41, 5.74) is 0. The molecule has 0 amide bonds. The number of hydrogen-bond acceptors (Lipinski definition) is 1. The summed E-state index contributed by atoms with van der Waals surface area (Å²) in [6, 6.07) is 1.09. The first-order valence-electron chi connectivity index (χ1n) is 6.66.